The van der Waals surface area contributed by atoms with Crippen molar-refractivity contribution in [2.45, 2.75) is 6.18 Å². The summed E-state index contributed by atoms with van der Waals surface area (Å²) in [7, 11) is 0. The summed E-state index contributed by atoms with van der Waals surface area (Å²) in [5.41, 5.74) is 5.32. The number of amides is 1. The van der Waals surface area contributed by atoms with Gasteiger partial charge in [0, 0.05) is 6.07 Å². The number of nitrogens with two attached hydrogens (primary N) is 1. The Hall–Kier alpha value is -2.85. The van der Waals surface area contributed by atoms with Gasteiger partial charge in [-0.1, -0.05) is 0 Å². The Morgan fingerprint density at radius 3 is 2.67 bits per heavy atom. The van der Waals surface area contributed by atoms with E-state index in [4.69, 9.17) is 5.73 Å². The molecule has 0 atom stereocenters. The summed E-state index contributed by atoms with van der Waals surface area (Å²) < 4.78 is 44.5. The van der Waals surface area contributed by atoms with Gasteiger partial charge in [-0.3, -0.25) is 4.79 Å². The molecule has 0 saturated carbocycles. The molecule has 2 rings (SSSR count). The zero-order valence-electron chi connectivity index (χ0n) is 10.2. The minimum Gasteiger partial charge on any atom is -0.468 e. The van der Waals surface area contributed by atoms with E-state index < -0.39 is 18.7 Å². The third kappa shape index (κ3) is 4.06. The average Bonchev–Trinajstić information content (AvgIpc) is 2.83. The Morgan fingerprint density at radius 1 is 1.38 bits per heavy atom. The summed E-state index contributed by atoms with van der Waals surface area (Å²) in [4.78, 5) is 15.3. The third-order valence-electron chi connectivity index (χ3n) is 2.11. The molecule has 0 unspecified atom stereocenters. The first-order valence-corrected chi connectivity index (χ1v) is 5.40. The van der Waals surface area contributed by atoms with Crippen LogP contribution in [0.5, 0.6) is 5.88 Å². The first-order valence-electron chi connectivity index (χ1n) is 5.40. The van der Waals surface area contributed by atoms with E-state index in [0.717, 1.165) is 6.20 Å². The fourth-order valence-corrected chi connectivity index (χ4v) is 1.24. The van der Waals surface area contributed by atoms with Crippen LogP contribution in [0.25, 0.3) is 0 Å². The Morgan fingerprint density at radius 2 is 2.14 bits per heavy atom. The first-order chi connectivity index (χ1) is 9.85. The Bertz CT molecular complexity index is 626. The van der Waals surface area contributed by atoms with Crippen molar-refractivity contribution in [2.24, 2.45) is 0 Å². The van der Waals surface area contributed by atoms with Crippen molar-refractivity contribution in [3.8, 4) is 5.88 Å². The normalized spacial score (nSPS) is 11.2. The van der Waals surface area contributed by atoms with Gasteiger partial charge in [0.05, 0.1) is 11.9 Å². The Balaban J connectivity index is 1.96. The number of aromatic nitrogens is 3. The van der Waals surface area contributed by atoms with Crippen molar-refractivity contribution in [3.63, 3.8) is 0 Å². The van der Waals surface area contributed by atoms with Crippen molar-refractivity contribution in [1.29, 1.82) is 0 Å². The van der Waals surface area contributed by atoms with Crippen molar-refractivity contribution < 1.29 is 27.3 Å². The molecule has 0 spiro atoms. The number of alkyl halides is 3. The van der Waals surface area contributed by atoms with Gasteiger partial charge in [-0.05, 0) is 16.4 Å². The average molecular weight is 303 g/mol. The summed E-state index contributed by atoms with van der Waals surface area (Å²) in [5, 5.41) is 8.89. The Kier molecular flexibility index (Phi) is 3.91. The van der Waals surface area contributed by atoms with Crippen LogP contribution in [0.3, 0.4) is 0 Å². The SMILES string of the molecule is Nc1nonc1C(=O)Nc1ccc(OCC(F)(F)F)nc1. The van der Waals surface area contributed by atoms with E-state index in [1.165, 1.54) is 12.1 Å². The number of carbonyl (C=O) groups is 1. The molecular formula is C10H8F3N5O3. The van der Waals surface area contributed by atoms with Crippen LogP contribution in [0.4, 0.5) is 24.7 Å². The fourth-order valence-electron chi connectivity index (χ4n) is 1.24. The number of ether oxygens (including phenoxy) is 1. The zero-order chi connectivity index (χ0) is 15.5. The molecule has 0 aliphatic heterocycles. The van der Waals surface area contributed by atoms with Gasteiger partial charge in [0.25, 0.3) is 5.91 Å². The summed E-state index contributed by atoms with van der Waals surface area (Å²) >= 11 is 0. The highest BCUT2D eigenvalue weighted by atomic mass is 19.4. The predicted octanol–water partition coefficient (Wildman–Crippen LogP) is 1.24. The number of nitrogens with zero attached hydrogens (tertiary/aromatic N) is 3. The molecule has 0 aliphatic rings. The van der Waals surface area contributed by atoms with E-state index in [2.05, 4.69) is 30.0 Å². The molecule has 1 amide bonds. The summed E-state index contributed by atoms with van der Waals surface area (Å²) in [5.74, 6) is -1.11. The molecule has 0 saturated heterocycles. The van der Waals surface area contributed by atoms with Gasteiger partial charge in [-0.15, -0.1) is 0 Å². The smallest absolute Gasteiger partial charge is 0.422 e. The van der Waals surface area contributed by atoms with Crippen molar-refractivity contribution in [1.82, 2.24) is 15.3 Å². The number of nitrogens with one attached hydrogen (secondary N) is 1. The Labute approximate surface area is 115 Å². The quantitative estimate of drug-likeness (QED) is 0.872. The highest BCUT2D eigenvalue weighted by molar-refractivity contribution is 6.05. The molecule has 0 aliphatic carbocycles. The lowest BCUT2D eigenvalue weighted by molar-refractivity contribution is -0.154. The first kappa shape index (κ1) is 14.6. The number of carbonyl (C=O) groups excluding carboxylic acids is 1. The fraction of sp³-hybridized carbons (Fsp3) is 0.200. The summed E-state index contributed by atoms with van der Waals surface area (Å²) in [6.07, 6.45) is -3.33. The minimum atomic E-state index is -4.45. The molecule has 8 nitrogen and oxygen atoms in total. The highest BCUT2D eigenvalue weighted by Gasteiger charge is 2.28. The van der Waals surface area contributed by atoms with Gasteiger partial charge in [-0.25, -0.2) is 9.61 Å². The highest BCUT2D eigenvalue weighted by Crippen LogP contribution is 2.18. The van der Waals surface area contributed by atoms with E-state index in [1.54, 1.807) is 0 Å². The minimum absolute atomic E-state index is 0.189. The number of anilines is 2. The molecule has 21 heavy (non-hydrogen) atoms. The molecular weight excluding hydrogens is 295 g/mol. The van der Waals surface area contributed by atoms with E-state index in [1.807, 2.05) is 0 Å². The number of rotatable bonds is 4. The second kappa shape index (κ2) is 5.64. The van der Waals surface area contributed by atoms with Crippen LogP contribution in [0.2, 0.25) is 0 Å². The van der Waals surface area contributed by atoms with Crippen LogP contribution in [0.15, 0.2) is 23.0 Å². The monoisotopic (exact) mass is 303 g/mol. The number of halogens is 3. The maximum atomic E-state index is 11.9. The van der Waals surface area contributed by atoms with Gasteiger partial charge in [0.2, 0.25) is 17.4 Å². The van der Waals surface area contributed by atoms with E-state index in [0.29, 0.717) is 0 Å². The van der Waals surface area contributed by atoms with Gasteiger partial charge in [0.1, 0.15) is 0 Å². The van der Waals surface area contributed by atoms with Crippen LogP contribution < -0.4 is 15.8 Å². The molecule has 2 aromatic rings. The third-order valence-corrected chi connectivity index (χ3v) is 2.11. The van der Waals surface area contributed by atoms with Crippen LogP contribution in [-0.4, -0.2) is 34.0 Å². The maximum Gasteiger partial charge on any atom is 0.422 e. The second-order valence-electron chi connectivity index (χ2n) is 3.74. The predicted molar refractivity (Wildman–Crippen MR) is 62.5 cm³/mol. The largest absolute Gasteiger partial charge is 0.468 e. The molecule has 112 valence electrons. The second-order valence-corrected chi connectivity index (χ2v) is 3.74. The van der Waals surface area contributed by atoms with Crippen LogP contribution in [0.1, 0.15) is 10.5 Å². The molecule has 2 heterocycles. The number of hydrogen-bond acceptors (Lipinski definition) is 7. The van der Waals surface area contributed by atoms with Crippen molar-refractivity contribution in [3.05, 3.63) is 24.0 Å². The molecule has 11 heteroatoms. The number of nitrogen functional groups attached to an aromatic ring is 1. The molecule has 2 aromatic heterocycles. The molecule has 3 N–H and O–H groups in total. The topological polar surface area (TPSA) is 116 Å². The standard InChI is InChI=1S/C10H8F3N5O3/c11-10(12,13)4-20-6-2-1-5(3-15-6)16-9(19)7-8(14)18-21-17-7/h1-3H,4H2,(H2,14,18)(H,16,19). The molecule has 0 fully saturated rings. The van der Waals surface area contributed by atoms with Crippen LogP contribution >= 0.6 is 0 Å². The lowest BCUT2D eigenvalue weighted by atomic mass is 10.3. The lowest BCUT2D eigenvalue weighted by Gasteiger charge is -2.08. The molecule has 0 aromatic carbocycles. The molecule has 0 radical (unpaired) electrons. The van der Waals surface area contributed by atoms with E-state index >= 15 is 0 Å². The van der Waals surface area contributed by atoms with Crippen LogP contribution in [-0.2, 0) is 0 Å². The molecule has 0 bridgehead atoms. The number of pyridine rings is 1. The van der Waals surface area contributed by atoms with Crippen LogP contribution in [0, 0.1) is 0 Å². The summed E-state index contributed by atoms with van der Waals surface area (Å²) in [6, 6.07) is 2.48. The van der Waals surface area contributed by atoms with Gasteiger partial charge >= 0.3 is 6.18 Å². The van der Waals surface area contributed by atoms with E-state index in [-0.39, 0.29) is 23.1 Å². The van der Waals surface area contributed by atoms with E-state index in [9.17, 15) is 18.0 Å². The van der Waals surface area contributed by atoms with Gasteiger partial charge in [-0.2, -0.15) is 13.2 Å². The zero-order valence-corrected chi connectivity index (χ0v) is 10.2. The van der Waals surface area contributed by atoms with Gasteiger partial charge < -0.3 is 15.8 Å². The summed E-state index contributed by atoms with van der Waals surface area (Å²) in [6.45, 7) is -1.45. The van der Waals surface area contributed by atoms with Crippen molar-refractivity contribution >= 4 is 17.4 Å². The van der Waals surface area contributed by atoms with Gasteiger partial charge in [0.15, 0.2) is 6.61 Å². The lowest BCUT2D eigenvalue weighted by Crippen LogP contribution is -2.19. The maximum absolute atomic E-state index is 11.9. The number of hydrogen-bond donors (Lipinski definition) is 2. The van der Waals surface area contributed by atoms with Crippen molar-refractivity contribution in [2.75, 3.05) is 17.7 Å².